The monoisotopic (exact) mass is 482 g/mol. The van der Waals surface area contributed by atoms with Crippen LogP contribution in [0.2, 0.25) is 0 Å². The molecular weight excluding hydrogens is 453 g/mol. The van der Waals surface area contributed by atoms with Crippen LogP contribution in [0.15, 0.2) is 23.2 Å². The number of rotatable bonds is 6. The Labute approximate surface area is 171 Å². The smallest absolute Gasteiger partial charge is 0.225 e. The fourth-order valence-corrected chi connectivity index (χ4v) is 1.99. The van der Waals surface area contributed by atoms with Crippen LogP contribution in [-0.2, 0) is 4.79 Å². The number of carbonyl (C=O) groups is 1. The van der Waals surface area contributed by atoms with Gasteiger partial charge in [0, 0.05) is 18.5 Å². The first-order valence-corrected chi connectivity index (χ1v) is 8.43. The van der Waals surface area contributed by atoms with E-state index in [0.29, 0.717) is 31.2 Å². The van der Waals surface area contributed by atoms with Crippen molar-refractivity contribution in [2.45, 2.75) is 40.7 Å². The SMILES string of the molecule is CCNC(=NCCNC(=O)C(C)(C)C)NC(C)c1ccc(F)c(F)c1.I. The summed E-state index contributed by atoms with van der Waals surface area (Å²) in [5.74, 6) is -1.23. The molecule has 3 N–H and O–H groups in total. The quantitative estimate of drug-likeness (QED) is 0.252. The number of amides is 1. The van der Waals surface area contributed by atoms with Gasteiger partial charge in [-0.15, -0.1) is 24.0 Å². The Morgan fingerprint density at radius 3 is 2.38 bits per heavy atom. The average Bonchev–Trinajstić information content (AvgIpc) is 2.52. The molecule has 1 atom stereocenters. The second-order valence-corrected chi connectivity index (χ2v) is 6.81. The van der Waals surface area contributed by atoms with Gasteiger partial charge in [0.05, 0.1) is 12.6 Å². The van der Waals surface area contributed by atoms with Crippen molar-refractivity contribution in [3.63, 3.8) is 0 Å². The lowest BCUT2D eigenvalue weighted by atomic mass is 9.96. The van der Waals surface area contributed by atoms with Gasteiger partial charge in [0.25, 0.3) is 0 Å². The number of hydrogen-bond acceptors (Lipinski definition) is 2. The van der Waals surface area contributed by atoms with Gasteiger partial charge in [-0.1, -0.05) is 26.8 Å². The average molecular weight is 482 g/mol. The van der Waals surface area contributed by atoms with Crippen molar-refractivity contribution < 1.29 is 13.6 Å². The first kappa shape index (κ1) is 24.6. The Morgan fingerprint density at radius 1 is 1.19 bits per heavy atom. The second kappa shape index (κ2) is 11.3. The lowest BCUT2D eigenvalue weighted by Crippen LogP contribution is -2.40. The number of nitrogens with one attached hydrogen (secondary N) is 3. The van der Waals surface area contributed by atoms with Crippen LogP contribution < -0.4 is 16.0 Å². The zero-order valence-electron chi connectivity index (χ0n) is 16.0. The molecular formula is C18H29F2IN4O. The summed E-state index contributed by atoms with van der Waals surface area (Å²) in [7, 11) is 0. The lowest BCUT2D eigenvalue weighted by molar-refractivity contribution is -0.128. The molecule has 26 heavy (non-hydrogen) atoms. The highest BCUT2D eigenvalue weighted by molar-refractivity contribution is 14.0. The fourth-order valence-electron chi connectivity index (χ4n) is 1.99. The van der Waals surface area contributed by atoms with E-state index in [1.807, 2.05) is 34.6 Å². The molecule has 1 amide bonds. The zero-order valence-corrected chi connectivity index (χ0v) is 18.3. The summed E-state index contributed by atoms with van der Waals surface area (Å²) >= 11 is 0. The standard InChI is InChI=1S/C18H28F2N4O.HI/c1-6-21-17(23-10-9-22-16(25)18(3,4)5)24-12(2)13-7-8-14(19)15(20)11-13;/h7-8,11-12H,6,9-10H2,1-5H3,(H,22,25)(H2,21,23,24);1H. The van der Waals surface area contributed by atoms with Crippen LogP contribution >= 0.6 is 24.0 Å². The molecule has 0 aromatic heterocycles. The number of nitrogens with zero attached hydrogens (tertiary/aromatic N) is 1. The van der Waals surface area contributed by atoms with Crippen molar-refractivity contribution in [1.29, 1.82) is 0 Å². The molecule has 1 unspecified atom stereocenters. The van der Waals surface area contributed by atoms with E-state index in [9.17, 15) is 13.6 Å². The van der Waals surface area contributed by atoms with Crippen LogP contribution in [0.3, 0.4) is 0 Å². The van der Waals surface area contributed by atoms with Gasteiger partial charge < -0.3 is 16.0 Å². The third-order valence-corrected chi connectivity index (χ3v) is 3.49. The maximum absolute atomic E-state index is 13.4. The third kappa shape index (κ3) is 8.29. The van der Waals surface area contributed by atoms with Crippen LogP contribution in [0.25, 0.3) is 0 Å². The summed E-state index contributed by atoms with van der Waals surface area (Å²) < 4.78 is 26.4. The molecule has 0 aliphatic rings. The van der Waals surface area contributed by atoms with Crippen LogP contribution in [0.1, 0.15) is 46.2 Å². The van der Waals surface area contributed by atoms with E-state index < -0.39 is 17.0 Å². The third-order valence-electron chi connectivity index (χ3n) is 3.49. The van der Waals surface area contributed by atoms with Crippen molar-refractivity contribution in [3.05, 3.63) is 35.4 Å². The van der Waals surface area contributed by atoms with E-state index in [2.05, 4.69) is 20.9 Å². The van der Waals surface area contributed by atoms with Crippen LogP contribution in [0.4, 0.5) is 8.78 Å². The Kier molecular flexibility index (Phi) is 10.7. The topological polar surface area (TPSA) is 65.5 Å². The molecule has 1 rings (SSSR count). The zero-order chi connectivity index (χ0) is 19.0. The van der Waals surface area contributed by atoms with Crippen molar-refractivity contribution >= 4 is 35.8 Å². The molecule has 5 nitrogen and oxygen atoms in total. The van der Waals surface area contributed by atoms with E-state index in [0.717, 1.165) is 6.07 Å². The van der Waals surface area contributed by atoms with E-state index in [-0.39, 0.29) is 35.9 Å². The summed E-state index contributed by atoms with van der Waals surface area (Å²) in [4.78, 5) is 16.2. The number of benzene rings is 1. The first-order valence-electron chi connectivity index (χ1n) is 8.43. The number of guanidine groups is 1. The van der Waals surface area contributed by atoms with Gasteiger partial charge in [0.1, 0.15) is 0 Å². The van der Waals surface area contributed by atoms with Gasteiger partial charge in [-0.25, -0.2) is 8.78 Å². The lowest BCUT2D eigenvalue weighted by Gasteiger charge is -2.19. The minimum absolute atomic E-state index is 0. The fraction of sp³-hybridized carbons (Fsp3) is 0.556. The van der Waals surface area contributed by atoms with Crippen LogP contribution in [0, 0.1) is 17.0 Å². The Bertz CT molecular complexity index is 618. The maximum Gasteiger partial charge on any atom is 0.225 e. The number of halogens is 3. The highest BCUT2D eigenvalue weighted by atomic mass is 127. The van der Waals surface area contributed by atoms with Crippen LogP contribution in [-0.4, -0.2) is 31.5 Å². The van der Waals surface area contributed by atoms with E-state index in [4.69, 9.17) is 0 Å². The number of aliphatic imine (C=N–C) groups is 1. The maximum atomic E-state index is 13.4. The van der Waals surface area contributed by atoms with Crippen molar-refractivity contribution in [1.82, 2.24) is 16.0 Å². The highest BCUT2D eigenvalue weighted by Gasteiger charge is 2.20. The normalized spacial score (nSPS) is 12.8. The molecule has 0 saturated carbocycles. The van der Waals surface area contributed by atoms with Gasteiger partial charge in [-0.2, -0.15) is 0 Å². The number of carbonyl (C=O) groups excluding carboxylic acids is 1. The minimum Gasteiger partial charge on any atom is -0.357 e. The minimum atomic E-state index is -0.877. The molecule has 0 bridgehead atoms. The molecule has 1 aromatic carbocycles. The molecule has 0 saturated heterocycles. The molecule has 1 aromatic rings. The molecule has 0 aliphatic carbocycles. The molecule has 0 heterocycles. The summed E-state index contributed by atoms with van der Waals surface area (Å²) in [6.45, 7) is 10.8. The van der Waals surface area contributed by atoms with Crippen molar-refractivity contribution in [2.24, 2.45) is 10.4 Å². The Hall–Kier alpha value is -1.45. The molecule has 0 aliphatic heterocycles. The van der Waals surface area contributed by atoms with Gasteiger partial charge in [-0.3, -0.25) is 9.79 Å². The van der Waals surface area contributed by atoms with Gasteiger partial charge >= 0.3 is 0 Å². The predicted molar refractivity (Wildman–Crippen MR) is 112 cm³/mol. The summed E-state index contributed by atoms with van der Waals surface area (Å²) in [5.41, 5.74) is 0.179. The van der Waals surface area contributed by atoms with Crippen molar-refractivity contribution in [2.75, 3.05) is 19.6 Å². The molecule has 148 valence electrons. The Morgan fingerprint density at radius 2 is 1.85 bits per heavy atom. The summed E-state index contributed by atoms with van der Waals surface area (Å²) in [6, 6.07) is 3.55. The van der Waals surface area contributed by atoms with E-state index in [1.54, 1.807) is 0 Å². The summed E-state index contributed by atoms with van der Waals surface area (Å²) in [5, 5.41) is 9.05. The summed E-state index contributed by atoms with van der Waals surface area (Å²) in [6.07, 6.45) is 0. The molecule has 8 heteroatoms. The van der Waals surface area contributed by atoms with Crippen molar-refractivity contribution in [3.8, 4) is 0 Å². The molecule has 0 fully saturated rings. The number of hydrogen-bond donors (Lipinski definition) is 3. The van der Waals surface area contributed by atoms with Gasteiger partial charge in [0.15, 0.2) is 17.6 Å². The molecule has 0 spiro atoms. The van der Waals surface area contributed by atoms with Gasteiger partial charge in [-0.05, 0) is 31.5 Å². The van der Waals surface area contributed by atoms with Crippen LogP contribution in [0.5, 0.6) is 0 Å². The Balaban J connectivity index is 0.00000625. The predicted octanol–water partition coefficient (Wildman–Crippen LogP) is 3.36. The largest absolute Gasteiger partial charge is 0.357 e. The highest BCUT2D eigenvalue weighted by Crippen LogP contribution is 2.15. The van der Waals surface area contributed by atoms with E-state index in [1.165, 1.54) is 12.1 Å². The second-order valence-electron chi connectivity index (χ2n) is 6.81. The van der Waals surface area contributed by atoms with E-state index >= 15 is 0 Å². The molecule has 0 radical (unpaired) electrons. The first-order chi connectivity index (χ1) is 11.6. The van der Waals surface area contributed by atoms with Gasteiger partial charge in [0.2, 0.25) is 5.91 Å².